The molecule has 0 saturated carbocycles. The van der Waals surface area contributed by atoms with E-state index < -0.39 is 0 Å². The number of benzene rings is 1. The number of rotatable bonds is 11. The first-order valence-corrected chi connectivity index (χ1v) is 12.1. The van der Waals surface area contributed by atoms with E-state index in [9.17, 15) is 9.59 Å². The number of amides is 2. The van der Waals surface area contributed by atoms with Crippen molar-refractivity contribution in [3.05, 3.63) is 12.1 Å². The molecule has 1 unspecified atom stereocenters. The molecule has 2 amide bonds. The van der Waals surface area contributed by atoms with Crippen molar-refractivity contribution < 1.29 is 23.8 Å². The summed E-state index contributed by atoms with van der Waals surface area (Å²) < 4.78 is 17.3. The van der Waals surface area contributed by atoms with Crippen molar-refractivity contribution in [1.82, 2.24) is 4.90 Å². The monoisotopic (exact) mass is 462 g/mol. The third-order valence-corrected chi connectivity index (χ3v) is 6.06. The fraction of sp³-hybridized carbons (Fsp3) is 0.667. The number of hydrogen-bond donors (Lipinski definition) is 2. The van der Waals surface area contributed by atoms with Gasteiger partial charge >= 0.3 is 0 Å². The van der Waals surface area contributed by atoms with Crippen molar-refractivity contribution in [2.75, 3.05) is 69.4 Å². The van der Waals surface area contributed by atoms with Crippen molar-refractivity contribution in [1.29, 1.82) is 0 Å². The van der Waals surface area contributed by atoms with Crippen molar-refractivity contribution in [2.45, 2.75) is 39.5 Å². The molecule has 1 aromatic carbocycles. The van der Waals surface area contributed by atoms with Crippen LogP contribution in [0.5, 0.6) is 11.5 Å². The minimum absolute atomic E-state index is 0.0897. The summed E-state index contributed by atoms with van der Waals surface area (Å²) in [6.07, 6.45) is 3.27. The van der Waals surface area contributed by atoms with Crippen LogP contribution in [-0.2, 0) is 14.3 Å². The zero-order valence-electron chi connectivity index (χ0n) is 19.9. The van der Waals surface area contributed by atoms with Gasteiger partial charge in [0.05, 0.1) is 44.3 Å². The van der Waals surface area contributed by atoms with Crippen LogP contribution in [0.3, 0.4) is 0 Å². The number of carbonyl (C=O) groups excluding carboxylic acids is 2. The molecule has 0 radical (unpaired) electrons. The molecule has 9 heteroatoms. The Balaban J connectivity index is 1.69. The van der Waals surface area contributed by atoms with E-state index in [2.05, 4.69) is 15.1 Å². The molecule has 2 aliphatic rings. The molecule has 3 rings (SSSR count). The molecule has 2 heterocycles. The Morgan fingerprint density at radius 1 is 1.12 bits per heavy atom. The van der Waals surface area contributed by atoms with Crippen molar-refractivity contribution in [3.8, 4) is 11.5 Å². The molecular weight excluding hydrogens is 424 g/mol. The Hall–Kier alpha value is -2.52. The Kier molecular flexibility index (Phi) is 9.62. The summed E-state index contributed by atoms with van der Waals surface area (Å²) in [5, 5.41) is 3.03. The number of hydrogen-bond acceptors (Lipinski definition) is 7. The molecule has 184 valence electrons. The van der Waals surface area contributed by atoms with Crippen LogP contribution >= 0.6 is 0 Å². The number of ether oxygens (including phenoxy) is 3. The zero-order valence-corrected chi connectivity index (χ0v) is 19.9. The maximum Gasteiger partial charge on any atom is 0.238 e. The second-order valence-corrected chi connectivity index (χ2v) is 8.58. The molecule has 1 atom stereocenters. The molecule has 9 nitrogen and oxygen atoms in total. The lowest BCUT2D eigenvalue weighted by atomic mass is 9.93. The number of anilines is 2. The molecule has 2 saturated heterocycles. The highest BCUT2D eigenvalue weighted by Crippen LogP contribution is 2.39. The van der Waals surface area contributed by atoms with E-state index >= 15 is 0 Å². The number of nitrogens with one attached hydrogen (secondary N) is 1. The summed E-state index contributed by atoms with van der Waals surface area (Å²) in [4.78, 5) is 28.4. The van der Waals surface area contributed by atoms with E-state index in [0.29, 0.717) is 56.7 Å². The van der Waals surface area contributed by atoms with Gasteiger partial charge in [0.2, 0.25) is 11.8 Å². The van der Waals surface area contributed by atoms with Crippen molar-refractivity contribution >= 4 is 23.2 Å². The van der Waals surface area contributed by atoms with Gasteiger partial charge in [0, 0.05) is 38.2 Å². The lowest BCUT2D eigenvalue weighted by molar-refractivity contribution is -0.119. The third-order valence-electron chi connectivity index (χ3n) is 6.06. The second kappa shape index (κ2) is 12.6. The predicted octanol–water partition coefficient (Wildman–Crippen LogP) is 2.24. The molecule has 1 aromatic rings. The Labute approximate surface area is 196 Å². The maximum atomic E-state index is 12.9. The van der Waals surface area contributed by atoms with Gasteiger partial charge in [-0.2, -0.15) is 0 Å². The van der Waals surface area contributed by atoms with Crippen LogP contribution in [0.25, 0.3) is 0 Å². The number of morpholine rings is 1. The van der Waals surface area contributed by atoms with Gasteiger partial charge in [-0.05, 0) is 45.6 Å². The molecule has 2 fully saturated rings. The van der Waals surface area contributed by atoms with Gasteiger partial charge in [0.1, 0.15) is 11.5 Å². The van der Waals surface area contributed by atoms with Crippen LogP contribution in [-0.4, -0.2) is 75.9 Å². The summed E-state index contributed by atoms with van der Waals surface area (Å²) in [6, 6.07) is 3.82. The Bertz CT molecular complexity index is 797. The van der Waals surface area contributed by atoms with Crippen LogP contribution < -0.4 is 25.4 Å². The predicted molar refractivity (Wildman–Crippen MR) is 128 cm³/mol. The molecule has 0 spiro atoms. The number of primary amides is 1. The van der Waals surface area contributed by atoms with Crippen molar-refractivity contribution in [3.63, 3.8) is 0 Å². The average molecular weight is 463 g/mol. The zero-order chi connectivity index (χ0) is 23.6. The van der Waals surface area contributed by atoms with Gasteiger partial charge in [-0.15, -0.1) is 0 Å². The number of nitrogens with two attached hydrogens (primary N) is 1. The van der Waals surface area contributed by atoms with E-state index in [1.807, 2.05) is 26.0 Å². The topological polar surface area (TPSA) is 106 Å². The number of nitrogens with zero attached hydrogens (tertiary/aromatic N) is 2. The van der Waals surface area contributed by atoms with Gasteiger partial charge in [-0.1, -0.05) is 0 Å². The quantitative estimate of drug-likeness (QED) is 0.519. The number of piperidine rings is 1. The van der Waals surface area contributed by atoms with Crippen molar-refractivity contribution in [2.24, 2.45) is 11.7 Å². The molecule has 0 bridgehead atoms. The first-order chi connectivity index (χ1) is 16.0. The van der Waals surface area contributed by atoms with Gasteiger partial charge < -0.3 is 30.2 Å². The van der Waals surface area contributed by atoms with Crippen LogP contribution in [0.2, 0.25) is 0 Å². The van der Waals surface area contributed by atoms with E-state index in [4.69, 9.17) is 19.9 Å². The van der Waals surface area contributed by atoms with Crippen LogP contribution in [0.1, 0.15) is 39.5 Å². The van der Waals surface area contributed by atoms with Gasteiger partial charge in [-0.3, -0.25) is 14.5 Å². The normalized spacial score (nSPS) is 19.2. The molecule has 0 aliphatic carbocycles. The maximum absolute atomic E-state index is 12.9. The minimum Gasteiger partial charge on any atom is -0.492 e. The number of likely N-dealkylation sites (tertiary alicyclic amines) is 1. The second-order valence-electron chi connectivity index (χ2n) is 8.58. The number of carbonyl (C=O) groups is 2. The third kappa shape index (κ3) is 7.50. The van der Waals surface area contributed by atoms with Crippen LogP contribution in [0.4, 0.5) is 11.4 Å². The standard InChI is InChI=1S/C24H38N4O5/c1-3-32-21-15-20(28-10-12-31-13-11-28)22(33-4-2)14-19(21)26-24(30)17-27-9-5-6-18(16-27)7-8-23(25)29/h14-15,18H,3-13,16-17H2,1-2H3,(H2,25,29)(H,26,30). The van der Waals surface area contributed by atoms with E-state index in [0.717, 1.165) is 56.9 Å². The summed E-state index contributed by atoms with van der Waals surface area (Å²) in [5.41, 5.74) is 6.86. The molecule has 2 aliphatic heterocycles. The van der Waals surface area contributed by atoms with E-state index in [1.165, 1.54) is 0 Å². The fourth-order valence-corrected chi connectivity index (χ4v) is 4.51. The Morgan fingerprint density at radius 3 is 2.55 bits per heavy atom. The van der Waals surface area contributed by atoms with Crippen LogP contribution in [0.15, 0.2) is 12.1 Å². The minimum atomic E-state index is -0.265. The largest absolute Gasteiger partial charge is 0.492 e. The highest BCUT2D eigenvalue weighted by atomic mass is 16.5. The summed E-state index contributed by atoms with van der Waals surface area (Å²) >= 11 is 0. The molecular formula is C24H38N4O5. The molecule has 3 N–H and O–H groups in total. The molecule has 0 aromatic heterocycles. The highest BCUT2D eigenvalue weighted by Gasteiger charge is 2.24. The lowest BCUT2D eigenvalue weighted by Crippen LogP contribution is -2.40. The Morgan fingerprint density at radius 2 is 1.85 bits per heavy atom. The summed E-state index contributed by atoms with van der Waals surface area (Å²) in [5.74, 6) is 1.40. The highest BCUT2D eigenvalue weighted by molar-refractivity contribution is 5.94. The summed E-state index contributed by atoms with van der Waals surface area (Å²) in [7, 11) is 0. The fourth-order valence-electron chi connectivity index (χ4n) is 4.51. The molecule has 33 heavy (non-hydrogen) atoms. The van der Waals surface area contributed by atoms with Gasteiger partial charge in [0.25, 0.3) is 0 Å². The lowest BCUT2D eigenvalue weighted by Gasteiger charge is -2.32. The van der Waals surface area contributed by atoms with Gasteiger partial charge in [0.15, 0.2) is 0 Å². The average Bonchev–Trinajstić information content (AvgIpc) is 2.80. The van der Waals surface area contributed by atoms with Crippen LogP contribution in [0, 0.1) is 5.92 Å². The SMILES string of the molecule is CCOc1cc(N2CCOCC2)c(OCC)cc1NC(=O)CN1CCCC(CCC(N)=O)C1. The van der Waals surface area contributed by atoms with E-state index in [1.54, 1.807) is 0 Å². The smallest absolute Gasteiger partial charge is 0.238 e. The summed E-state index contributed by atoms with van der Waals surface area (Å²) in [6.45, 7) is 9.78. The van der Waals surface area contributed by atoms with Gasteiger partial charge in [-0.25, -0.2) is 0 Å². The van der Waals surface area contributed by atoms with E-state index in [-0.39, 0.29) is 11.8 Å². The first kappa shape index (κ1) is 25.1. The first-order valence-electron chi connectivity index (χ1n) is 12.1.